The van der Waals surface area contributed by atoms with Gasteiger partial charge in [-0.25, -0.2) is 0 Å². The molecule has 1 aromatic heterocycles. The van der Waals surface area contributed by atoms with Gasteiger partial charge in [-0.3, -0.25) is 0 Å². The lowest BCUT2D eigenvalue weighted by atomic mass is 9.88. The van der Waals surface area contributed by atoms with E-state index in [9.17, 15) is 0 Å². The van der Waals surface area contributed by atoms with E-state index >= 15 is 0 Å². The van der Waals surface area contributed by atoms with Crippen LogP contribution in [0.2, 0.25) is 0 Å². The molecule has 0 spiro atoms. The van der Waals surface area contributed by atoms with E-state index in [1.54, 1.807) is 0 Å². The molecule has 2 rings (SSSR count). The maximum atomic E-state index is 8.90. The fourth-order valence-corrected chi connectivity index (χ4v) is 1.97. The van der Waals surface area contributed by atoms with Crippen molar-refractivity contribution in [1.29, 1.82) is 5.26 Å². The number of nitriles is 1. The Bertz CT molecular complexity index is 550. The zero-order valence-corrected chi connectivity index (χ0v) is 9.96. The summed E-state index contributed by atoms with van der Waals surface area (Å²) >= 11 is 0. The van der Waals surface area contributed by atoms with Crippen LogP contribution >= 0.6 is 0 Å². The standard InChI is InChI=1S/C14H16N2/c1-14(2,3)7-11-9-16-13-5-4-10(8-15)6-12(11)13/h4-6,9,16H,7H2,1-3H3. The smallest absolute Gasteiger partial charge is 0.0991 e. The maximum Gasteiger partial charge on any atom is 0.0991 e. The highest BCUT2D eigenvalue weighted by Gasteiger charge is 2.14. The highest BCUT2D eigenvalue weighted by molar-refractivity contribution is 5.84. The normalized spacial score (nSPS) is 11.6. The summed E-state index contributed by atoms with van der Waals surface area (Å²) in [5.41, 5.74) is 3.39. The first-order valence-electron chi connectivity index (χ1n) is 5.50. The van der Waals surface area contributed by atoms with Crippen molar-refractivity contribution in [3.05, 3.63) is 35.5 Å². The summed E-state index contributed by atoms with van der Waals surface area (Å²) in [4.78, 5) is 3.25. The van der Waals surface area contributed by atoms with Crippen LogP contribution in [0.3, 0.4) is 0 Å². The summed E-state index contributed by atoms with van der Waals surface area (Å²) in [5.74, 6) is 0. The van der Waals surface area contributed by atoms with Gasteiger partial charge in [-0.1, -0.05) is 20.8 Å². The first-order valence-corrected chi connectivity index (χ1v) is 5.50. The van der Waals surface area contributed by atoms with Crippen LogP contribution in [0.1, 0.15) is 31.9 Å². The van der Waals surface area contributed by atoms with E-state index in [4.69, 9.17) is 5.26 Å². The van der Waals surface area contributed by atoms with Crippen LogP contribution in [0.15, 0.2) is 24.4 Å². The predicted octanol–water partition coefficient (Wildman–Crippen LogP) is 3.63. The number of nitrogens with one attached hydrogen (secondary N) is 1. The molecule has 0 fully saturated rings. The number of aromatic nitrogens is 1. The van der Waals surface area contributed by atoms with Gasteiger partial charge in [-0.05, 0) is 35.6 Å². The third kappa shape index (κ3) is 2.09. The van der Waals surface area contributed by atoms with Crippen molar-refractivity contribution >= 4 is 10.9 Å². The minimum atomic E-state index is 0.262. The number of fused-ring (bicyclic) bond motifs is 1. The van der Waals surface area contributed by atoms with E-state index in [1.807, 2.05) is 18.2 Å². The summed E-state index contributed by atoms with van der Waals surface area (Å²) in [6.07, 6.45) is 3.07. The molecule has 1 aromatic carbocycles. The van der Waals surface area contributed by atoms with Crippen LogP contribution in [0.5, 0.6) is 0 Å². The number of aromatic amines is 1. The van der Waals surface area contributed by atoms with Crippen LogP contribution in [0, 0.1) is 16.7 Å². The molecule has 2 aromatic rings. The Morgan fingerprint density at radius 1 is 1.31 bits per heavy atom. The predicted molar refractivity (Wildman–Crippen MR) is 66.2 cm³/mol. The summed E-state index contributed by atoms with van der Waals surface area (Å²) in [5, 5.41) is 10.1. The van der Waals surface area contributed by atoms with Gasteiger partial charge in [0.15, 0.2) is 0 Å². The molecule has 16 heavy (non-hydrogen) atoms. The van der Waals surface area contributed by atoms with Gasteiger partial charge in [0.05, 0.1) is 11.6 Å². The molecule has 0 saturated carbocycles. The molecule has 0 aliphatic rings. The topological polar surface area (TPSA) is 39.6 Å². The Balaban J connectivity index is 2.51. The minimum Gasteiger partial charge on any atom is -0.361 e. The van der Waals surface area contributed by atoms with Crippen molar-refractivity contribution in [1.82, 2.24) is 4.98 Å². The summed E-state index contributed by atoms with van der Waals surface area (Å²) < 4.78 is 0. The first-order chi connectivity index (χ1) is 7.49. The quantitative estimate of drug-likeness (QED) is 0.770. The van der Waals surface area contributed by atoms with Crippen LogP contribution in [-0.2, 0) is 6.42 Å². The van der Waals surface area contributed by atoms with E-state index in [0.717, 1.165) is 17.5 Å². The number of rotatable bonds is 1. The second-order valence-corrected chi connectivity index (χ2v) is 5.42. The van der Waals surface area contributed by atoms with Crippen molar-refractivity contribution in [2.75, 3.05) is 0 Å². The third-order valence-corrected chi connectivity index (χ3v) is 2.62. The molecule has 2 heteroatoms. The largest absolute Gasteiger partial charge is 0.361 e. The van der Waals surface area contributed by atoms with Gasteiger partial charge in [0.1, 0.15) is 0 Å². The van der Waals surface area contributed by atoms with Crippen LogP contribution in [0.25, 0.3) is 10.9 Å². The number of hydrogen-bond donors (Lipinski definition) is 1. The second kappa shape index (κ2) is 3.68. The number of H-pyrrole nitrogens is 1. The second-order valence-electron chi connectivity index (χ2n) is 5.42. The van der Waals surface area contributed by atoms with Crippen molar-refractivity contribution in [3.8, 4) is 6.07 Å². The van der Waals surface area contributed by atoms with E-state index in [1.165, 1.54) is 10.9 Å². The van der Waals surface area contributed by atoms with Gasteiger partial charge >= 0.3 is 0 Å². The van der Waals surface area contributed by atoms with Crippen molar-refractivity contribution in [3.63, 3.8) is 0 Å². The Morgan fingerprint density at radius 3 is 2.69 bits per heavy atom. The lowest BCUT2D eigenvalue weighted by Crippen LogP contribution is -2.08. The molecule has 0 saturated heterocycles. The molecular weight excluding hydrogens is 196 g/mol. The van der Waals surface area contributed by atoms with Crippen molar-refractivity contribution < 1.29 is 0 Å². The zero-order chi connectivity index (χ0) is 11.8. The van der Waals surface area contributed by atoms with Crippen molar-refractivity contribution in [2.45, 2.75) is 27.2 Å². The molecule has 1 heterocycles. The van der Waals surface area contributed by atoms with Gasteiger partial charge in [-0.15, -0.1) is 0 Å². The highest BCUT2D eigenvalue weighted by Crippen LogP contribution is 2.27. The van der Waals surface area contributed by atoms with Gasteiger partial charge in [0, 0.05) is 17.1 Å². The monoisotopic (exact) mass is 212 g/mol. The fourth-order valence-electron chi connectivity index (χ4n) is 1.97. The van der Waals surface area contributed by atoms with Gasteiger partial charge in [0.25, 0.3) is 0 Å². The third-order valence-electron chi connectivity index (χ3n) is 2.62. The van der Waals surface area contributed by atoms with Crippen LogP contribution in [-0.4, -0.2) is 4.98 Å². The first kappa shape index (κ1) is 10.8. The Morgan fingerprint density at radius 2 is 2.06 bits per heavy atom. The molecule has 2 nitrogen and oxygen atoms in total. The number of hydrogen-bond acceptors (Lipinski definition) is 1. The Kier molecular flexibility index (Phi) is 2.47. The number of benzene rings is 1. The van der Waals surface area contributed by atoms with E-state index in [0.29, 0.717) is 0 Å². The molecule has 0 unspecified atom stereocenters. The average molecular weight is 212 g/mol. The van der Waals surface area contributed by atoms with E-state index < -0.39 is 0 Å². The van der Waals surface area contributed by atoms with E-state index in [2.05, 4.69) is 38.0 Å². The SMILES string of the molecule is CC(C)(C)Cc1c[nH]c2ccc(C#N)cc12. The molecule has 0 aliphatic heterocycles. The molecule has 1 N–H and O–H groups in total. The molecule has 0 radical (unpaired) electrons. The number of nitrogens with zero attached hydrogens (tertiary/aromatic N) is 1. The van der Waals surface area contributed by atoms with Crippen molar-refractivity contribution in [2.24, 2.45) is 5.41 Å². The Labute approximate surface area is 95.9 Å². The van der Waals surface area contributed by atoms with Crippen LogP contribution < -0.4 is 0 Å². The molecule has 0 bridgehead atoms. The molecule has 82 valence electrons. The zero-order valence-electron chi connectivity index (χ0n) is 9.96. The summed E-state index contributed by atoms with van der Waals surface area (Å²) in [6, 6.07) is 7.97. The average Bonchev–Trinajstić information content (AvgIpc) is 2.58. The van der Waals surface area contributed by atoms with Gasteiger partial charge in [0.2, 0.25) is 0 Å². The molecule has 0 aliphatic carbocycles. The lowest BCUT2D eigenvalue weighted by Gasteiger charge is -2.17. The van der Waals surface area contributed by atoms with E-state index in [-0.39, 0.29) is 5.41 Å². The Hall–Kier alpha value is -1.75. The summed E-state index contributed by atoms with van der Waals surface area (Å²) in [7, 11) is 0. The minimum absolute atomic E-state index is 0.262. The molecule has 0 atom stereocenters. The lowest BCUT2D eigenvalue weighted by molar-refractivity contribution is 0.412. The summed E-state index contributed by atoms with van der Waals surface area (Å²) in [6.45, 7) is 6.67. The highest BCUT2D eigenvalue weighted by atomic mass is 14.7. The van der Waals surface area contributed by atoms with Gasteiger partial charge in [-0.2, -0.15) is 5.26 Å². The molecule has 0 amide bonds. The fraction of sp³-hybridized carbons (Fsp3) is 0.357. The molecular formula is C14H16N2. The van der Waals surface area contributed by atoms with Crippen LogP contribution in [0.4, 0.5) is 0 Å². The van der Waals surface area contributed by atoms with Gasteiger partial charge < -0.3 is 4.98 Å². The maximum absolute atomic E-state index is 8.90.